The lowest BCUT2D eigenvalue weighted by molar-refractivity contribution is 0.511. The summed E-state index contributed by atoms with van der Waals surface area (Å²) in [4.78, 5) is 0. The van der Waals surface area contributed by atoms with Crippen molar-refractivity contribution in [1.82, 2.24) is 10.2 Å². The molecule has 2 rings (SSSR count). The second-order valence-corrected chi connectivity index (χ2v) is 2.50. The highest BCUT2D eigenvalue weighted by molar-refractivity contribution is 5.83. The average Bonchev–Trinajstić information content (AvgIpc) is 2.48. The number of aromatic nitrogens is 2. The van der Waals surface area contributed by atoms with Crippen molar-refractivity contribution in [3.8, 4) is 6.07 Å². The first kappa shape index (κ1) is 7.68. The summed E-state index contributed by atoms with van der Waals surface area (Å²) in [6.45, 7) is 0. The number of benzene rings is 1. The van der Waals surface area contributed by atoms with Gasteiger partial charge in [-0.15, -0.1) is 0 Å². The largest absolute Gasteiger partial charge is 0.276 e. The van der Waals surface area contributed by atoms with Crippen LogP contribution in [0.15, 0.2) is 12.1 Å². The third-order valence-electron chi connectivity index (χ3n) is 1.71. The predicted octanol–water partition coefficient (Wildman–Crippen LogP) is 1.71. The normalized spacial score (nSPS) is 10.2. The first-order chi connectivity index (χ1) is 6.22. The molecule has 1 heterocycles. The summed E-state index contributed by atoms with van der Waals surface area (Å²) >= 11 is 0. The number of halogens is 2. The predicted molar refractivity (Wildman–Crippen MR) is 40.7 cm³/mol. The van der Waals surface area contributed by atoms with Crippen LogP contribution in [0.3, 0.4) is 0 Å². The molecular formula is C8H3F2N3. The van der Waals surface area contributed by atoms with Crippen LogP contribution < -0.4 is 0 Å². The minimum absolute atomic E-state index is 0.0638. The molecule has 0 atom stereocenters. The molecule has 0 aliphatic heterocycles. The van der Waals surface area contributed by atoms with Gasteiger partial charge in [-0.2, -0.15) is 10.4 Å². The van der Waals surface area contributed by atoms with Crippen molar-refractivity contribution in [1.29, 1.82) is 5.26 Å². The number of fused-ring (bicyclic) bond motifs is 1. The van der Waals surface area contributed by atoms with Crippen LogP contribution in [-0.4, -0.2) is 10.2 Å². The maximum Gasteiger partial charge on any atom is 0.170 e. The molecule has 0 amide bonds. The van der Waals surface area contributed by atoms with Gasteiger partial charge in [-0.05, 0) is 6.07 Å². The zero-order chi connectivity index (χ0) is 9.42. The third-order valence-corrected chi connectivity index (χ3v) is 1.71. The number of nitrogens with one attached hydrogen (secondary N) is 1. The Morgan fingerprint density at radius 3 is 2.69 bits per heavy atom. The van der Waals surface area contributed by atoms with Gasteiger partial charge >= 0.3 is 0 Å². The molecule has 0 fully saturated rings. The Labute approximate surface area is 71.6 Å². The second-order valence-electron chi connectivity index (χ2n) is 2.50. The van der Waals surface area contributed by atoms with E-state index in [1.165, 1.54) is 0 Å². The molecule has 0 saturated heterocycles. The molecule has 0 saturated carbocycles. The second kappa shape index (κ2) is 2.52. The van der Waals surface area contributed by atoms with Crippen molar-refractivity contribution in [2.24, 2.45) is 0 Å². The fourth-order valence-corrected chi connectivity index (χ4v) is 1.10. The van der Waals surface area contributed by atoms with Gasteiger partial charge in [0.15, 0.2) is 17.3 Å². The topological polar surface area (TPSA) is 52.5 Å². The van der Waals surface area contributed by atoms with Crippen LogP contribution in [0.5, 0.6) is 0 Å². The van der Waals surface area contributed by atoms with Crippen LogP contribution in [-0.2, 0) is 0 Å². The lowest BCUT2D eigenvalue weighted by Gasteiger charge is -1.91. The van der Waals surface area contributed by atoms with Crippen molar-refractivity contribution in [2.45, 2.75) is 0 Å². The van der Waals surface area contributed by atoms with E-state index >= 15 is 0 Å². The number of nitrogens with zero attached hydrogens (tertiary/aromatic N) is 2. The van der Waals surface area contributed by atoms with Crippen LogP contribution in [0.1, 0.15) is 5.69 Å². The Bertz CT molecular complexity index is 510. The van der Waals surface area contributed by atoms with Crippen LogP contribution in [0, 0.1) is 23.0 Å². The van der Waals surface area contributed by atoms with Gasteiger partial charge in [0, 0.05) is 11.5 Å². The average molecular weight is 179 g/mol. The molecule has 2 aromatic rings. The molecule has 0 aliphatic rings. The maximum absolute atomic E-state index is 12.7. The van der Waals surface area contributed by atoms with Crippen LogP contribution in [0.2, 0.25) is 0 Å². The molecule has 1 aromatic heterocycles. The van der Waals surface area contributed by atoms with Gasteiger partial charge in [0.1, 0.15) is 6.07 Å². The summed E-state index contributed by atoms with van der Waals surface area (Å²) < 4.78 is 25.4. The quantitative estimate of drug-likeness (QED) is 0.669. The summed E-state index contributed by atoms with van der Waals surface area (Å²) in [5.74, 6) is -1.94. The van der Waals surface area contributed by atoms with Crippen molar-refractivity contribution in [3.63, 3.8) is 0 Å². The molecule has 1 aromatic carbocycles. The number of hydrogen-bond donors (Lipinski definition) is 1. The number of hydrogen-bond acceptors (Lipinski definition) is 2. The fraction of sp³-hybridized carbons (Fsp3) is 0. The van der Waals surface area contributed by atoms with Gasteiger partial charge < -0.3 is 0 Å². The molecule has 0 unspecified atom stereocenters. The van der Waals surface area contributed by atoms with E-state index in [1.54, 1.807) is 6.07 Å². The summed E-state index contributed by atoms with van der Waals surface area (Å²) in [6, 6.07) is 3.69. The van der Waals surface area contributed by atoms with E-state index in [2.05, 4.69) is 10.2 Å². The van der Waals surface area contributed by atoms with E-state index in [1.807, 2.05) is 0 Å². The molecule has 5 heteroatoms. The van der Waals surface area contributed by atoms with E-state index in [-0.39, 0.29) is 5.69 Å². The van der Waals surface area contributed by atoms with E-state index in [9.17, 15) is 8.78 Å². The summed E-state index contributed by atoms with van der Waals surface area (Å²) in [5, 5.41) is 14.8. The van der Waals surface area contributed by atoms with Crippen molar-refractivity contribution < 1.29 is 8.78 Å². The van der Waals surface area contributed by atoms with E-state index in [0.717, 1.165) is 12.1 Å². The van der Waals surface area contributed by atoms with Gasteiger partial charge in [0.05, 0.1) is 5.52 Å². The third kappa shape index (κ3) is 1.04. The Morgan fingerprint density at radius 1 is 1.31 bits per heavy atom. The standard InChI is InChI=1S/C8H3F2N3/c9-5-1-4-7(2-6(5)10)12-13-8(4)3-11/h1-2H,(H,12,13). The number of rotatable bonds is 0. The van der Waals surface area contributed by atoms with Crippen LogP contribution in [0.4, 0.5) is 8.78 Å². The van der Waals surface area contributed by atoms with Gasteiger partial charge in [-0.3, -0.25) is 5.10 Å². The van der Waals surface area contributed by atoms with Gasteiger partial charge in [0.25, 0.3) is 0 Å². The van der Waals surface area contributed by atoms with Gasteiger partial charge in [0.2, 0.25) is 0 Å². The fourth-order valence-electron chi connectivity index (χ4n) is 1.10. The monoisotopic (exact) mass is 179 g/mol. The Balaban J connectivity index is 2.86. The van der Waals surface area contributed by atoms with E-state index in [4.69, 9.17) is 5.26 Å². The zero-order valence-electron chi connectivity index (χ0n) is 6.31. The SMILES string of the molecule is N#Cc1n[nH]c2cc(F)c(F)cc12. The highest BCUT2D eigenvalue weighted by atomic mass is 19.2. The van der Waals surface area contributed by atoms with Gasteiger partial charge in [-0.1, -0.05) is 0 Å². The Morgan fingerprint density at radius 2 is 2.00 bits per heavy atom. The molecular weight excluding hydrogens is 176 g/mol. The molecule has 3 nitrogen and oxygen atoms in total. The summed E-state index contributed by atoms with van der Waals surface area (Å²) in [6.07, 6.45) is 0. The molecule has 1 N–H and O–H groups in total. The first-order valence-corrected chi connectivity index (χ1v) is 3.45. The minimum Gasteiger partial charge on any atom is -0.276 e. The Kier molecular flexibility index (Phi) is 1.49. The smallest absolute Gasteiger partial charge is 0.170 e. The number of aromatic amines is 1. The van der Waals surface area contributed by atoms with E-state index in [0.29, 0.717) is 10.9 Å². The Hall–Kier alpha value is -1.96. The minimum atomic E-state index is -0.981. The molecule has 64 valence electrons. The maximum atomic E-state index is 12.7. The summed E-state index contributed by atoms with van der Waals surface area (Å²) in [5.41, 5.74) is 0.379. The van der Waals surface area contributed by atoms with Crippen molar-refractivity contribution in [3.05, 3.63) is 29.5 Å². The van der Waals surface area contributed by atoms with E-state index < -0.39 is 11.6 Å². The van der Waals surface area contributed by atoms with Crippen LogP contribution in [0.25, 0.3) is 10.9 Å². The molecule has 0 bridgehead atoms. The van der Waals surface area contributed by atoms with Crippen molar-refractivity contribution in [2.75, 3.05) is 0 Å². The van der Waals surface area contributed by atoms with Gasteiger partial charge in [-0.25, -0.2) is 8.78 Å². The first-order valence-electron chi connectivity index (χ1n) is 3.45. The number of nitriles is 1. The lowest BCUT2D eigenvalue weighted by atomic mass is 10.2. The molecule has 0 radical (unpaired) electrons. The van der Waals surface area contributed by atoms with Crippen LogP contribution >= 0.6 is 0 Å². The highest BCUT2D eigenvalue weighted by Gasteiger charge is 2.09. The number of H-pyrrole nitrogens is 1. The molecule has 0 spiro atoms. The molecule has 0 aliphatic carbocycles. The zero-order valence-corrected chi connectivity index (χ0v) is 6.31. The highest BCUT2D eigenvalue weighted by Crippen LogP contribution is 2.18. The lowest BCUT2D eigenvalue weighted by Crippen LogP contribution is -1.82. The summed E-state index contributed by atoms with van der Waals surface area (Å²) in [7, 11) is 0. The van der Waals surface area contributed by atoms with Crippen molar-refractivity contribution >= 4 is 10.9 Å². The molecule has 13 heavy (non-hydrogen) atoms.